The topological polar surface area (TPSA) is 114 Å². The highest BCUT2D eigenvalue weighted by atomic mass is 16.1. The number of rotatable bonds is 0. The highest BCUT2D eigenvalue weighted by Gasteiger charge is 2.06. The number of anilines is 2. The van der Waals surface area contributed by atoms with Crippen LogP contribution in [-0.2, 0) is 0 Å². The molecule has 6 nitrogen and oxygen atoms in total. The minimum atomic E-state index is -0.323. The Morgan fingerprint density at radius 1 is 1.42 bits per heavy atom. The Labute approximate surface area is 66.6 Å². The first-order chi connectivity index (χ1) is 5.68. The summed E-state index contributed by atoms with van der Waals surface area (Å²) in [7, 11) is 0. The van der Waals surface area contributed by atoms with Gasteiger partial charge in [0.1, 0.15) is 11.0 Å². The molecule has 2 aromatic heterocycles. The fourth-order valence-corrected chi connectivity index (χ4v) is 1.08. The van der Waals surface area contributed by atoms with Crippen molar-refractivity contribution in [1.82, 2.24) is 15.0 Å². The third-order valence-corrected chi connectivity index (χ3v) is 1.59. The lowest BCUT2D eigenvalue weighted by atomic mass is 10.4. The summed E-state index contributed by atoms with van der Waals surface area (Å²) in [4.78, 5) is 20.1. The van der Waals surface area contributed by atoms with Crippen molar-refractivity contribution in [3.63, 3.8) is 0 Å². The average molecular weight is 165 g/mol. The summed E-state index contributed by atoms with van der Waals surface area (Å²) in [6, 6.07) is 0. The van der Waals surface area contributed by atoms with E-state index in [1.165, 1.54) is 6.20 Å². The van der Waals surface area contributed by atoms with E-state index in [9.17, 15) is 4.79 Å². The zero-order valence-electron chi connectivity index (χ0n) is 6.09. The predicted octanol–water partition coefficient (Wildman–Crippen LogP) is -0.584. The molecule has 0 saturated heterocycles. The second kappa shape index (κ2) is 2.00. The maximum Gasteiger partial charge on any atom is 0.263 e. The van der Waals surface area contributed by atoms with Gasteiger partial charge in [-0.25, -0.2) is 0 Å². The third kappa shape index (κ3) is 0.746. The molecule has 0 saturated carbocycles. The zero-order chi connectivity index (χ0) is 8.72. The van der Waals surface area contributed by atoms with Crippen LogP contribution in [0.1, 0.15) is 0 Å². The summed E-state index contributed by atoms with van der Waals surface area (Å²) in [5, 5.41) is 0.351. The first kappa shape index (κ1) is 6.71. The van der Waals surface area contributed by atoms with Gasteiger partial charge in [-0.15, -0.1) is 0 Å². The molecule has 2 heterocycles. The Bertz CT molecular complexity index is 482. The van der Waals surface area contributed by atoms with Crippen LogP contribution < -0.4 is 17.0 Å². The molecule has 62 valence electrons. The van der Waals surface area contributed by atoms with Gasteiger partial charge in [-0.05, 0) is 0 Å². The molecule has 0 aliphatic carbocycles. The number of fused-ring (bicyclic) bond motifs is 1. The lowest BCUT2D eigenvalue weighted by Gasteiger charge is -1.92. The molecule has 0 atom stereocenters. The maximum absolute atomic E-state index is 11.2. The van der Waals surface area contributed by atoms with Crippen LogP contribution >= 0.6 is 0 Å². The van der Waals surface area contributed by atoms with E-state index >= 15 is 0 Å². The Morgan fingerprint density at radius 3 is 2.92 bits per heavy atom. The van der Waals surface area contributed by atoms with Crippen molar-refractivity contribution >= 4 is 22.7 Å². The number of H-pyrrole nitrogens is 2. The van der Waals surface area contributed by atoms with E-state index in [1.807, 2.05) is 0 Å². The van der Waals surface area contributed by atoms with Crippen LogP contribution in [0.25, 0.3) is 11.0 Å². The maximum atomic E-state index is 11.2. The lowest BCUT2D eigenvalue weighted by molar-refractivity contribution is 1.18. The molecule has 0 spiro atoms. The minimum Gasteiger partial charge on any atom is -0.397 e. The van der Waals surface area contributed by atoms with Crippen molar-refractivity contribution in [2.45, 2.75) is 0 Å². The molecule has 6 N–H and O–H groups in total. The molecule has 0 aliphatic rings. The number of nitrogen functional groups attached to an aromatic ring is 2. The number of aromatic nitrogens is 3. The number of nitrogens with two attached hydrogens (primary N) is 2. The van der Waals surface area contributed by atoms with Crippen LogP contribution in [0, 0.1) is 0 Å². The quantitative estimate of drug-likeness (QED) is 0.418. The van der Waals surface area contributed by atoms with Gasteiger partial charge in [0.2, 0.25) is 5.95 Å². The second-order valence-corrected chi connectivity index (χ2v) is 2.42. The van der Waals surface area contributed by atoms with Crippen LogP contribution in [-0.4, -0.2) is 15.0 Å². The van der Waals surface area contributed by atoms with Crippen LogP contribution in [0.3, 0.4) is 0 Å². The van der Waals surface area contributed by atoms with E-state index < -0.39 is 0 Å². The molecule has 0 amide bonds. The van der Waals surface area contributed by atoms with Gasteiger partial charge in [-0.1, -0.05) is 0 Å². The smallest absolute Gasteiger partial charge is 0.263 e. The summed E-state index contributed by atoms with van der Waals surface area (Å²) in [5.41, 5.74) is 11.3. The third-order valence-electron chi connectivity index (χ3n) is 1.59. The largest absolute Gasteiger partial charge is 0.397 e. The molecule has 0 aromatic carbocycles. The summed E-state index contributed by atoms with van der Waals surface area (Å²) in [5.74, 6) is 0.0781. The van der Waals surface area contributed by atoms with Crippen molar-refractivity contribution in [2.24, 2.45) is 0 Å². The van der Waals surface area contributed by atoms with Gasteiger partial charge >= 0.3 is 0 Å². The van der Waals surface area contributed by atoms with Gasteiger partial charge in [0.15, 0.2) is 0 Å². The van der Waals surface area contributed by atoms with Crippen molar-refractivity contribution in [3.8, 4) is 0 Å². The molecule has 12 heavy (non-hydrogen) atoms. The molecule has 2 aromatic rings. The summed E-state index contributed by atoms with van der Waals surface area (Å²) < 4.78 is 0. The fourth-order valence-electron chi connectivity index (χ4n) is 1.08. The van der Waals surface area contributed by atoms with Crippen molar-refractivity contribution in [1.29, 1.82) is 0 Å². The number of hydrogen-bond donors (Lipinski definition) is 4. The molecule has 2 rings (SSSR count). The van der Waals surface area contributed by atoms with E-state index in [0.717, 1.165) is 0 Å². The highest BCUT2D eigenvalue weighted by Crippen LogP contribution is 2.13. The predicted molar refractivity (Wildman–Crippen MR) is 45.5 cm³/mol. The normalized spacial score (nSPS) is 10.7. The first-order valence-electron chi connectivity index (χ1n) is 3.31. The molecule has 6 heteroatoms. The summed E-state index contributed by atoms with van der Waals surface area (Å²) in [6.07, 6.45) is 1.51. The zero-order valence-corrected chi connectivity index (χ0v) is 6.09. The number of nitrogens with zero attached hydrogens (tertiary/aromatic N) is 1. The Hall–Kier alpha value is -1.98. The molecule has 0 radical (unpaired) electrons. The van der Waals surface area contributed by atoms with Gasteiger partial charge in [0.05, 0.1) is 5.69 Å². The number of hydrogen-bond acceptors (Lipinski definition) is 4. The first-order valence-corrected chi connectivity index (χ1v) is 3.31. The summed E-state index contributed by atoms with van der Waals surface area (Å²) >= 11 is 0. The average Bonchev–Trinajstić information content (AvgIpc) is 2.31. The second-order valence-electron chi connectivity index (χ2n) is 2.42. The Morgan fingerprint density at radius 2 is 2.17 bits per heavy atom. The van der Waals surface area contributed by atoms with E-state index in [0.29, 0.717) is 16.7 Å². The van der Waals surface area contributed by atoms with Crippen LogP contribution in [0.15, 0.2) is 11.0 Å². The Kier molecular flexibility index (Phi) is 1.12. The minimum absolute atomic E-state index is 0.0781. The van der Waals surface area contributed by atoms with Gasteiger partial charge in [-0.2, -0.15) is 4.98 Å². The molecular weight excluding hydrogens is 158 g/mol. The van der Waals surface area contributed by atoms with Gasteiger partial charge < -0.3 is 16.5 Å². The molecule has 0 fully saturated rings. The van der Waals surface area contributed by atoms with Crippen molar-refractivity contribution in [2.75, 3.05) is 11.5 Å². The molecular formula is C6H7N5O. The van der Waals surface area contributed by atoms with Crippen molar-refractivity contribution in [3.05, 3.63) is 16.6 Å². The monoisotopic (exact) mass is 165 g/mol. The van der Waals surface area contributed by atoms with E-state index in [1.54, 1.807) is 0 Å². The number of aromatic amines is 2. The SMILES string of the molecule is Nc1nc2[nH]cc(N)c2c(=O)[nH]1. The van der Waals surface area contributed by atoms with Gasteiger partial charge in [-0.3, -0.25) is 9.78 Å². The van der Waals surface area contributed by atoms with Crippen molar-refractivity contribution < 1.29 is 0 Å². The number of nitrogens with one attached hydrogen (secondary N) is 2. The standard InChI is InChI=1S/C6H7N5O/c7-2-1-9-4-3(2)5(12)11-6(8)10-4/h1H,7H2,(H4,8,9,10,11,12). The molecule has 0 bridgehead atoms. The van der Waals surface area contributed by atoms with E-state index in [4.69, 9.17) is 11.5 Å². The van der Waals surface area contributed by atoms with Crippen LogP contribution in [0.5, 0.6) is 0 Å². The van der Waals surface area contributed by atoms with Crippen LogP contribution in [0.2, 0.25) is 0 Å². The lowest BCUT2D eigenvalue weighted by Crippen LogP contribution is -2.11. The molecule has 0 unspecified atom stereocenters. The van der Waals surface area contributed by atoms with E-state index in [2.05, 4.69) is 15.0 Å². The Balaban J connectivity index is 3.03. The highest BCUT2D eigenvalue weighted by molar-refractivity contribution is 5.87. The molecule has 0 aliphatic heterocycles. The van der Waals surface area contributed by atoms with Gasteiger partial charge in [0.25, 0.3) is 5.56 Å². The summed E-state index contributed by atoms with van der Waals surface area (Å²) in [6.45, 7) is 0. The van der Waals surface area contributed by atoms with E-state index in [-0.39, 0.29) is 11.5 Å². The van der Waals surface area contributed by atoms with Crippen LogP contribution in [0.4, 0.5) is 11.6 Å². The van der Waals surface area contributed by atoms with Gasteiger partial charge in [0, 0.05) is 6.20 Å². The fraction of sp³-hybridized carbons (Fsp3) is 0.